The van der Waals surface area contributed by atoms with Crippen LogP contribution in [-0.4, -0.2) is 8.80 Å². The minimum Gasteiger partial charge on any atom is -0.147 e. The summed E-state index contributed by atoms with van der Waals surface area (Å²) in [7, 11) is -0.697. The molecule has 17 heavy (non-hydrogen) atoms. The Hall–Kier alpha value is -1.05. The van der Waals surface area contributed by atoms with E-state index in [0.29, 0.717) is 5.54 Å². The van der Waals surface area contributed by atoms with Crippen molar-refractivity contribution in [3.63, 3.8) is 0 Å². The Kier molecular flexibility index (Phi) is 3.41. The molecular weight excluding hydrogens is 244 g/mol. The monoisotopic (exact) mass is 260 g/mol. The SMILES string of the molecule is C[SiH](C)C1c2ccccc2-c2ccccc21.Cl. The number of hydrogen-bond acceptors (Lipinski definition) is 0. The molecule has 2 aromatic rings. The highest BCUT2D eigenvalue weighted by Crippen LogP contribution is 2.45. The van der Waals surface area contributed by atoms with Crippen molar-refractivity contribution in [3.8, 4) is 11.1 Å². The molecule has 0 nitrogen and oxygen atoms in total. The Bertz CT molecular complexity index is 488. The predicted molar refractivity (Wildman–Crippen MR) is 79.8 cm³/mol. The third-order valence-corrected chi connectivity index (χ3v) is 5.60. The zero-order valence-electron chi connectivity index (χ0n) is 10.2. The van der Waals surface area contributed by atoms with E-state index in [1.165, 1.54) is 11.1 Å². The fourth-order valence-corrected chi connectivity index (χ4v) is 4.93. The van der Waals surface area contributed by atoms with Crippen molar-refractivity contribution in [2.75, 3.05) is 0 Å². The number of fused-ring (bicyclic) bond motifs is 3. The maximum absolute atomic E-state index is 2.45. The Labute approximate surface area is 111 Å². The molecule has 0 saturated heterocycles. The molecule has 1 aliphatic carbocycles. The smallest absolute Gasteiger partial charge is 0.0444 e. The molecule has 0 unspecified atom stereocenters. The van der Waals surface area contributed by atoms with Gasteiger partial charge in [-0.05, 0) is 22.3 Å². The highest BCUT2D eigenvalue weighted by molar-refractivity contribution is 6.59. The van der Waals surface area contributed by atoms with Gasteiger partial charge in [0, 0.05) is 14.3 Å². The van der Waals surface area contributed by atoms with Crippen LogP contribution in [-0.2, 0) is 0 Å². The van der Waals surface area contributed by atoms with Gasteiger partial charge in [0.2, 0.25) is 0 Å². The van der Waals surface area contributed by atoms with Gasteiger partial charge in [-0.25, -0.2) is 0 Å². The molecular formula is C15H17ClSi. The average molecular weight is 261 g/mol. The maximum atomic E-state index is 2.45. The lowest BCUT2D eigenvalue weighted by atomic mass is 10.1. The van der Waals surface area contributed by atoms with Gasteiger partial charge in [0.15, 0.2) is 0 Å². The Morgan fingerprint density at radius 2 is 1.18 bits per heavy atom. The zero-order valence-corrected chi connectivity index (χ0v) is 12.2. The molecule has 0 heterocycles. The van der Waals surface area contributed by atoms with Crippen molar-refractivity contribution in [2.24, 2.45) is 0 Å². The zero-order chi connectivity index (χ0) is 11.1. The molecule has 2 aromatic carbocycles. The second kappa shape index (κ2) is 4.67. The second-order valence-corrected chi connectivity index (χ2v) is 8.05. The summed E-state index contributed by atoms with van der Waals surface area (Å²) in [5.74, 6) is 0. The highest BCUT2D eigenvalue weighted by atomic mass is 35.5. The third kappa shape index (κ3) is 1.84. The van der Waals surface area contributed by atoms with Crippen LogP contribution in [0.5, 0.6) is 0 Å². The maximum Gasteiger partial charge on any atom is 0.0444 e. The molecule has 3 rings (SSSR count). The number of rotatable bonds is 1. The number of hydrogen-bond donors (Lipinski definition) is 0. The van der Waals surface area contributed by atoms with Crippen molar-refractivity contribution in [3.05, 3.63) is 59.7 Å². The molecule has 0 amide bonds. The first-order valence-electron chi connectivity index (χ1n) is 5.97. The summed E-state index contributed by atoms with van der Waals surface area (Å²) in [5.41, 5.74) is 6.76. The van der Waals surface area contributed by atoms with Crippen LogP contribution in [0.1, 0.15) is 16.7 Å². The van der Waals surface area contributed by atoms with Gasteiger partial charge in [-0.2, -0.15) is 0 Å². The van der Waals surface area contributed by atoms with Crippen molar-refractivity contribution >= 4 is 21.2 Å². The summed E-state index contributed by atoms with van der Waals surface area (Å²) < 4.78 is 0. The van der Waals surface area contributed by atoms with Crippen LogP contribution in [0.15, 0.2) is 48.5 Å². The first-order chi connectivity index (χ1) is 7.79. The van der Waals surface area contributed by atoms with E-state index in [1.54, 1.807) is 11.1 Å². The van der Waals surface area contributed by atoms with Gasteiger partial charge < -0.3 is 0 Å². The second-order valence-electron chi connectivity index (χ2n) is 4.90. The normalized spacial score (nSPS) is 13.1. The molecule has 0 saturated carbocycles. The van der Waals surface area contributed by atoms with Gasteiger partial charge in [-0.15, -0.1) is 12.4 Å². The van der Waals surface area contributed by atoms with Gasteiger partial charge in [-0.1, -0.05) is 61.6 Å². The van der Waals surface area contributed by atoms with Crippen LogP contribution >= 0.6 is 12.4 Å². The van der Waals surface area contributed by atoms with Crippen molar-refractivity contribution < 1.29 is 0 Å². The lowest BCUT2D eigenvalue weighted by Gasteiger charge is -2.16. The summed E-state index contributed by atoms with van der Waals surface area (Å²) >= 11 is 0. The number of halogens is 1. The van der Waals surface area contributed by atoms with Crippen LogP contribution in [0.25, 0.3) is 11.1 Å². The van der Waals surface area contributed by atoms with Crippen LogP contribution < -0.4 is 0 Å². The van der Waals surface area contributed by atoms with Crippen LogP contribution in [0.3, 0.4) is 0 Å². The molecule has 0 atom stereocenters. The summed E-state index contributed by atoms with van der Waals surface area (Å²) in [6, 6.07) is 17.8. The van der Waals surface area contributed by atoms with E-state index in [2.05, 4.69) is 61.6 Å². The minimum atomic E-state index is -0.697. The van der Waals surface area contributed by atoms with Crippen molar-refractivity contribution in [1.82, 2.24) is 0 Å². The summed E-state index contributed by atoms with van der Waals surface area (Å²) in [6.07, 6.45) is 0. The highest BCUT2D eigenvalue weighted by Gasteiger charge is 2.30. The van der Waals surface area contributed by atoms with Crippen LogP contribution in [0.4, 0.5) is 0 Å². The van der Waals surface area contributed by atoms with E-state index in [-0.39, 0.29) is 12.4 Å². The quantitative estimate of drug-likeness (QED) is 0.673. The van der Waals surface area contributed by atoms with E-state index in [1.807, 2.05) is 0 Å². The van der Waals surface area contributed by atoms with Crippen LogP contribution in [0, 0.1) is 0 Å². The fourth-order valence-electron chi connectivity index (χ4n) is 2.91. The Balaban J connectivity index is 0.00000108. The summed E-state index contributed by atoms with van der Waals surface area (Å²) in [5, 5.41) is 0. The first-order valence-corrected chi connectivity index (χ1v) is 8.95. The predicted octanol–water partition coefficient (Wildman–Crippen LogP) is 4.25. The average Bonchev–Trinajstić information content (AvgIpc) is 2.63. The fraction of sp³-hybridized carbons (Fsp3) is 0.200. The Morgan fingerprint density at radius 1 is 0.765 bits per heavy atom. The third-order valence-electron chi connectivity index (χ3n) is 3.55. The van der Waals surface area contributed by atoms with E-state index in [9.17, 15) is 0 Å². The van der Waals surface area contributed by atoms with Crippen molar-refractivity contribution in [1.29, 1.82) is 0 Å². The minimum absolute atomic E-state index is 0. The summed E-state index contributed by atoms with van der Waals surface area (Å²) in [4.78, 5) is 0. The molecule has 2 heteroatoms. The molecule has 0 spiro atoms. The van der Waals surface area contributed by atoms with Crippen LogP contribution in [0.2, 0.25) is 13.1 Å². The molecule has 0 bridgehead atoms. The van der Waals surface area contributed by atoms with E-state index < -0.39 is 8.80 Å². The largest absolute Gasteiger partial charge is 0.147 e. The number of benzene rings is 2. The van der Waals surface area contributed by atoms with Gasteiger partial charge in [0.25, 0.3) is 0 Å². The van der Waals surface area contributed by atoms with Gasteiger partial charge in [-0.3, -0.25) is 0 Å². The van der Waals surface area contributed by atoms with E-state index in [4.69, 9.17) is 0 Å². The molecule has 0 fully saturated rings. The Morgan fingerprint density at radius 3 is 1.59 bits per heavy atom. The standard InChI is InChI=1S/C15H16Si.ClH/c1-16(2)15-13-9-5-3-7-11(13)12-8-4-6-10-14(12)15;/h3-10,15-16H,1-2H3;1H. The molecule has 0 radical (unpaired) electrons. The first kappa shape index (κ1) is 12.4. The lowest BCUT2D eigenvalue weighted by Crippen LogP contribution is -2.14. The molecule has 0 aromatic heterocycles. The topological polar surface area (TPSA) is 0 Å². The van der Waals surface area contributed by atoms with Gasteiger partial charge in [0.1, 0.15) is 0 Å². The van der Waals surface area contributed by atoms with Gasteiger partial charge in [0.05, 0.1) is 0 Å². The molecule has 0 aliphatic heterocycles. The summed E-state index contributed by atoms with van der Waals surface area (Å²) in [6.45, 7) is 4.90. The molecule has 1 aliphatic rings. The van der Waals surface area contributed by atoms with E-state index in [0.717, 1.165) is 0 Å². The van der Waals surface area contributed by atoms with Gasteiger partial charge >= 0.3 is 0 Å². The molecule has 88 valence electrons. The van der Waals surface area contributed by atoms with Crippen molar-refractivity contribution in [2.45, 2.75) is 18.6 Å². The molecule has 0 N–H and O–H groups in total. The van der Waals surface area contributed by atoms with E-state index >= 15 is 0 Å². The lowest BCUT2D eigenvalue weighted by molar-refractivity contribution is 1.16.